The summed E-state index contributed by atoms with van der Waals surface area (Å²) in [7, 11) is 0. The number of hydrogen-bond donors (Lipinski definition) is 2. The smallest absolute Gasteiger partial charge is 0.395 e. The van der Waals surface area contributed by atoms with Crippen LogP contribution in [0, 0.1) is 5.82 Å². The van der Waals surface area contributed by atoms with Crippen molar-refractivity contribution >= 4 is 0 Å². The molecule has 6 heteroatoms. The first-order valence-electron chi connectivity index (χ1n) is 5.58. The first-order chi connectivity index (χ1) is 8.38. The predicted molar refractivity (Wildman–Crippen MR) is 59.4 cm³/mol. The first-order valence-corrected chi connectivity index (χ1v) is 5.58. The molecule has 0 amide bonds. The van der Waals surface area contributed by atoms with Gasteiger partial charge in [0, 0.05) is 12.6 Å². The molecular weight excluding hydrogens is 250 g/mol. The van der Waals surface area contributed by atoms with Crippen LogP contribution in [-0.2, 0) is 12.7 Å². The van der Waals surface area contributed by atoms with E-state index >= 15 is 0 Å². The van der Waals surface area contributed by atoms with Crippen molar-refractivity contribution < 1.29 is 22.7 Å². The average Bonchev–Trinajstić information content (AvgIpc) is 2.31. The average molecular weight is 265 g/mol. The van der Waals surface area contributed by atoms with Crippen molar-refractivity contribution in [2.24, 2.45) is 0 Å². The Hall–Kier alpha value is -1.14. The van der Waals surface area contributed by atoms with Gasteiger partial charge in [-0.25, -0.2) is 4.39 Å². The highest BCUT2D eigenvalue weighted by Crippen LogP contribution is 2.31. The molecule has 0 bridgehead atoms. The van der Waals surface area contributed by atoms with Crippen LogP contribution in [0.5, 0.6) is 0 Å². The van der Waals surface area contributed by atoms with Crippen LogP contribution in [0.4, 0.5) is 17.6 Å². The summed E-state index contributed by atoms with van der Waals surface area (Å²) in [6.45, 7) is 1.91. The van der Waals surface area contributed by atoms with Crippen LogP contribution in [0.1, 0.15) is 24.5 Å². The second kappa shape index (κ2) is 6.15. The van der Waals surface area contributed by atoms with Gasteiger partial charge in [0.1, 0.15) is 5.82 Å². The molecule has 0 unspecified atom stereocenters. The minimum absolute atomic E-state index is 0.0934. The third kappa shape index (κ3) is 3.96. The molecular formula is C12H15F4NO. The number of aliphatic hydroxyl groups is 1. The van der Waals surface area contributed by atoms with E-state index in [0.717, 1.165) is 12.1 Å². The van der Waals surface area contributed by atoms with Crippen LogP contribution in [0.25, 0.3) is 0 Å². The molecule has 2 nitrogen and oxygen atoms in total. The molecule has 0 aliphatic heterocycles. The molecule has 0 radical (unpaired) electrons. The summed E-state index contributed by atoms with van der Waals surface area (Å²) in [6.07, 6.45) is -4.04. The molecule has 0 aliphatic rings. The van der Waals surface area contributed by atoms with E-state index in [4.69, 9.17) is 5.11 Å². The first kappa shape index (κ1) is 14.9. The predicted octanol–water partition coefficient (Wildman–Crippen LogP) is 2.71. The molecule has 2 N–H and O–H groups in total. The van der Waals surface area contributed by atoms with Gasteiger partial charge in [0.2, 0.25) is 0 Å². The molecule has 0 saturated heterocycles. The lowest BCUT2D eigenvalue weighted by Gasteiger charge is -2.15. The third-order valence-corrected chi connectivity index (χ3v) is 2.64. The molecule has 0 heterocycles. The summed E-state index contributed by atoms with van der Waals surface area (Å²) in [5, 5.41) is 11.8. The molecule has 0 saturated carbocycles. The minimum Gasteiger partial charge on any atom is -0.395 e. The van der Waals surface area contributed by atoms with E-state index in [1.54, 1.807) is 0 Å². The Kier molecular flexibility index (Phi) is 5.10. The number of aliphatic hydroxyl groups excluding tert-OH is 1. The van der Waals surface area contributed by atoms with Crippen molar-refractivity contribution in [3.8, 4) is 0 Å². The number of halogens is 4. The van der Waals surface area contributed by atoms with E-state index in [9.17, 15) is 17.6 Å². The van der Waals surface area contributed by atoms with Crippen LogP contribution < -0.4 is 5.32 Å². The normalized spacial score (nSPS) is 13.7. The Bertz CT molecular complexity index is 388. The molecule has 0 fully saturated rings. The van der Waals surface area contributed by atoms with Gasteiger partial charge in [-0.2, -0.15) is 13.2 Å². The van der Waals surface area contributed by atoms with Gasteiger partial charge >= 0.3 is 6.18 Å². The number of rotatable bonds is 5. The van der Waals surface area contributed by atoms with E-state index in [0.29, 0.717) is 12.0 Å². The van der Waals surface area contributed by atoms with Gasteiger partial charge < -0.3 is 10.4 Å². The second-order valence-corrected chi connectivity index (χ2v) is 3.98. The van der Waals surface area contributed by atoms with Crippen LogP contribution in [-0.4, -0.2) is 17.8 Å². The minimum atomic E-state index is -4.69. The molecule has 102 valence electrons. The lowest BCUT2D eigenvalue weighted by atomic mass is 10.1. The molecule has 0 aliphatic carbocycles. The highest BCUT2D eigenvalue weighted by Gasteiger charge is 2.34. The Labute approximate surface area is 103 Å². The maximum absolute atomic E-state index is 13.0. The molecule has 1 aromatic carbocycles. The zero-order valence-electron chi connectivity index (χ0n) is 9.89. The lowest BCUT2D eigenvalue weighted by Crippen LogP contribution is -2.31. The fourth-order valence-electron chi connectivity index (χ4n) is 1.50. The zero-order chi connectivity index (χ0) is 13.8. The van der Waals surface area contributed by atoms with Gasteiger partial charge in [-0.05, 0) is 24.1 Å². The molecule has 18 heavy (non-hydrogen) atoms. The Morgan fingerprint density at radius 2 is 2.00 bits per heavy atom. The van der Waals surface area contributed by atoms with Crippen molar-refractivity contribution in [3.05, 3.63) is 35.1 Å². The van der Waals surface area contributed by atoms with Gasteiger partial charge in [0.15, 0.2) is 0 Å². The Morgan fingerprint density at radius 3 is 2.50 bits per heavy atom. The molecule has 0 spiro atoms. The maximum Gasteiger partial charge on any atom is 0.419 e. The summed E-state index contributed by atoms with van der Waals surface area (Å²) in [5.41, 5.74) is -0.936. The lowest BCUT2D eigenvalue weighted by molar-refractivity contribution is -0.140. The van der Waals surface area contributed by atoms with Gasteiger partial charge in [-0.3, -0.25) is 0 Å². The fraction of sp³-hybridized carbons (Fsp3) is 0.500. The van der Waals surface area contributed by atoms with Crippen LogP contribution >= 0.6 is 0 Å². The third-order valence-electron chi connectivity index (χ3n) is 2.64. The van der Waals surface area contributed by atoms with Crippen molar-refractivity contribution in [1.82, 2.24) is 5.32 Å². The van der Waals surface area contributed by atoms with Gasteiger partial charge in [0.25, 0.3) is 0 Å². The quantitative estimate of drug-likeness (QED) is 0.802. The number of alkyl halides is 3. The van der Waals surface area contributed by atoms with E-state index < -0.39 is 17.6 Å². The monoisotopic (exact) mass is 265 g/mol. The Balaban J connectivity index is 2.80. The summed E-state index contributed by atoms with van der Waals surface area (Å²) in [6, 6.07) is 2.71. The van der Waals surface area contributed by atoms with Crippen molar-refractivity contribution in [1.29, 1.82) is 0 Å². The van der Waals surface area contributed by atoms with E-state index in [-0.39, 0.29) is 19.2 Å². The van der Waals surface area contributed by atoms with Gasteiger partial charge in [-0.15, -0.1) is 0 Å². The van der Waals surface area contributed by atoms with Crippen LogP contribution in [0.3, 0.4) is 0 Å². The SMILES string of the molecule is CC[C@H](CO)NCc1ccc(F)c(C(F)(F)F)c1. The largest absolute Gasteiger partial charge is 0.419 e. The Morgan fingerprint density at radius 1 is 1.33 bits per heavy atom. The molecule has 1 aromatic rings. The van der Waals surface area contributed by atoms with Crippen molar-refractivity contribution in [2.75, 3.05) is 6.61 Å². The van der Waals surface area contributed by atoms with E-state index in [1.807, 2.05) is 6.92 Å². The summed E-state index contributed by atoms with van der Waals surface area (Å²) >= 11 is 0. The van der Waals surface area contributed by atoms with Gasteiger partial charge in [-0.1, -0.05) is 13.0 Å². The highest BCUT2D eigenvalue weighted by molar-refractivity contribution is 5.27. The summed E-state index contributed by atoms with van der Waals surface area (Å²) in [4.78, 5) is 0. The zero-order valence-corrected chi connectivity index (χ0v) is 9.89. The molecule has 1 rings (SSSR count). The van der Waals surface area contributed by atoms with Crippen molar-refractivity contribution in [3.63, 3.8) is 0 Å². The fourth-order valence-corrected chi connectivity index (χ4v) is 1.50. The molecule has 0 aromatic heterocycles. The maximum atomic E-state index is 13.0. The number of hydrogen-bond acceptors (Lipinski definition) is 2. The standard InChI is InChI=1S/C12H15F4NO/c1-2-9(7-18)17-6-8-3-4-11(13)10(5-8)12(14,15)16/h3-5,9,17-18H,2,6-7H2,1H3/t9-/m1/s1. The summed E-state index contributed by atoms with van der Waals surface area (Å²) < 4.78 is 50.4. The van der Waals surface area contributed by atoms with Crippen LogP contribution in [0.15, 0.2) is 18.2 Å². The van der Waals surface area contributed by atoms with Gasteiger partial charge in [0.05, 0.1) is 12.2 Å². The van der Waals surface area contributed by atoms with E-state index in [1.165, 1.54) is 6.07 Å². The molecule has 1 atom stereocenters. The highest BCUT2D eigenvalue weighted by atomic mass is 19.4. The number of nitrogens with one attached hydrogen (secondary N) is 1. The van der Waals surface area contributed by atoms with Crippen molar-refractivity contribution in [2.45, 2.75) is 32.1 Å². The number of benzene rings is 1. The second-order valence-electron chi connectivity index (χ2n) is 3.98. The summed E-state index contributed by atoms with van der Waals surface area (Å²) in [5.74, 6) is -1.28. The van der Waals surface area contributed by atoms with E-state index in [2.05, 4.69) is 5.32 Å². The topological polar surface area (TPSA) is 32.3 Å². The van der Waals surface area contributed by atoms with Crippen LogP contribution in [0.2, 0.25) is 0 Å².